The lowest BCUT2D eigenvalue weighted by molar-refractivity contribution is -0.0456. The van der Waals surface area contributed by atoms with E-state index in [1.165, 1.54) is 0 Å². The molecule has 0 aliphatic carbocycles. The largest absolute Gasteiger partial charge is 0.348 e. The summed E-state index contributed by atoms with van der Waals surface area (Å²) >= 11 is 0. The maximum Gasteiger partial charge on any atom is 0.198 e. The van der Waals surface area contributed by atoms with Gasteiger partial charge in [-0.3, -0.25) is 0 Å². The number of hydrogen-bond acceptors (Lipinski definition) is 1. The van der Waals surface area contributed by atoms with Gasteiger partial charge < -0.3 is 4.74 Å². The van der Waals surface area contributed by atoms with Crippen molar-refractivity contribution in [3.63, 3.8) is 0 Å². The first-order valence-corrected chi connectivity index (χ1v) is 5.07. The first kappa shape index (κ1) is 11.9. The highest BCUT2D eigenvalue weighted by Crippen LogP contribution is 2.07. The van der Waals surface area contributed by atoms with Crippen molar-refractivity contribution in [3.05, 3.63) is 0 Å². The summed E-state index contributed by atoms with van der Waals surface area (Å²) < 4.78 is 17.8. The Morgan fingerprint density at radius 1 is 1.08 bits per heavy atom. The molecule has 12 heavy (non-hydrogen) atoms. The van der Waals surface area contributed by atoms with Crippen molar-refractivity contribution in [1.29, 1.82) is 0 Å². The first-order chi connectivity index (χ1) is 5.81. The van der Waals surface area contributed by atoms with Crippen molar-refractivity contribution >= 4 is 0 Å². The minimum atomic E-state index is -1.03. The van der Waals surface area contributed by atoms with E-state index < -0.39 is 6.36 Å². The normalized spacial score (nSPS) is 13.2. The van der Waals surface area contributed by atoms with Gasteiger partial charge in [-0.1, -0.05) is 33.1 Å². The highest BCUT2D eigenvalue weighted by atomic mass is 19.1. The van der Waals surface area contributed by atoms with Crippen LogP contribution in [0.1, 0.15) is 52.4 Å². The van der Waals surface area contributed by atoms with Gasteiger partial charge in [-0.05, 0) is 12.8 Å². The maximum atomic E-state index is 12.8. The lowest BCUT2D eigenvalue weighted by Crippen LogP contribution is -2.07. The molecule has 0 amide bonds. The van der Waals surface area contributed by atoms with E-state index in [1.807, 2.05) is 0 Å². The van der Waals surface area contributed by atoms with Gasteiger partial charge in [0, 0.05) is 6.42 Å². The zero-order chi connectivity index (χ0) is 9.23. The van der Waals surface area contributed by atoms with Crippen LogP contribution in [0.5, 0.6) is 0 Å². The van der Waals surface area contributed by atoms with E-state index in [0.717, 1.165) is 32.1 Å². The third-order valence-corrected chi connectivity index (χ3v) is 1.83. The molecule has 0 aromatic rings. The van der Waals surface area contributed by atoms with E-state index in [2.05, 4.69) is 13.8 Å². The lowest BCUT2D eigenvalue weighted by atomic mass is 10.2. The molecular weight excluding hydrogens is 155 g/mol. The molecule has 0 saturated heterocycles. The zero-order valence-corrected chi connectivity index (χ0v) is 8.31. The molecule has 0 aliphatic heterocycles. The summed E-state index contributed by atoms with van der Waals surface area (Å²) in [4.78, 5) is 0. The summed E-state index contributed by atoms with van der Waals surface area (Å²) in [6, 6.07) is 0. The highest BCUT2D eigenvalue weighted by molar-refractivity contribution is 4.44. The van der Waals surface area contributed by atoms with Crippen molar-refractivity contribution in [1.82, 2.24) is 0 Å². The number of unbranched alkanes of at least 4 members (excludes halogenated alkanes) is 3. The van der Waals surface area contributed by atoms with E-state index >= 15 is 0 Å². The minimum absolute atomic E-state index is 0.558. The maximum absolute atomic E-state index is 12.8. The van der Waals surface area contributed by atoms with Crippen molar-refractivity contribution in [2.24, 2.45) is 0 Å². The standard InChI is InChI=1S/C10H21FO/c1-3-5-7-9-12-10(11)8-6-4-2/h10H,3-9H2,1-2H3. The van der Waals surface area contributed by atoms with Gasteiger partial charge in [0.25, 0.3) is 0 Å². The van der Waals surface area contributed by atoms with Gasteiger partial charge in [0.15, 0.2) is 6.36 Å². The molecule has 0 aromatic carbocycles. The van der Waals surface area contributed by atoms with Crippen LogP contribution in [0.4, 0.5) is 4.39 Å². The summed E-state index contributed by atoms with van der Waals surface area (Å²) in [7, 11) is 0. The van der Waals surface area contributed by atoms with Crippen LogP contribution in [0, 0.1) is 0 Å². The van der Waals surface area contributed by atoms with Gasteiger partial charge >= 0.3 is 0 Å². The molecule has 0 N–H and O–H groups in total. The Labute approximate surface area is 75.3 Å². The molecule has 2 heteroatoms. The number of ether oxygens (including phenoxy) is 1. The second kappa shape index (κ2) is 8.98. The second-order valence-corrected chi connectivity index (χ2v) is 3.13. The Bertz CT molecular complexity index is 85.9. The Kier molecular flexibility index (Phi) is 8.90. The molecule has 0 fully saturated rings. The number of halogens is 1. The van der Waals surface area contributed by atoms with Crippen LogP contribution in [-0.4, -0.2) is 13.0 Å². The van der Waals surface area contributed by atoms with Crippen LogP contribution in [0.2, 0.25) is 0 Å². The van der Waals surface area contributed by atoms with Crippen molar-refractivity contribution in [2.45, 2.75) is 58.7 Å². The number of alkyl halides is 1. The minimum Gasteiger partial charge on any atom is -0.348 e. The van der Waals surface area contributed by atoms with Crippen LogP contribution in [0.25, 0.3) is 0 Å². The van der Waals surface area contributed by atoms with E-state index in [1.54, 1.807) is 0 Å². The molecule has 0 bridgehead atoms. The highest BCUT2D eigenvalue weighted by Gasteiger charge is 2.03. The molecule has 1 atom stereocenters. The van der Waals surface area contributed by atoms with E-state index in [4.69, 9.17) is 4.74 Å². The van der Waals surface area contributed by atoms with Gasteiger partial charge in [0.05, 0.1) is 6.61 Å². The van der Waals surface area contributed by atoms with Crippen molar-refractivity contribution in [3.8, 4) is 0 Å². The third kappa shape index (κ3) is 7.99. The van der Waals surface area contributed by atoms with Gasteiger partial charge in [-0.25, -0.2) is 4.39 Å². The molecule has 74 valence electrons. The average molecular weight is 176 g/mol. The second-order valence-electron chi connectivity index (χ2n) is 3.13. The molecule has 0 aliphatic rings. The zero-order valence-electron chi connectivity index (χ0n) is 8.31. The molecule has 1 unspecified atom stereocenters. The average Bonchev–Trinajstić information content (AvgIpc) is 2.09. The fourth-order valence-corrected chi connectivity index (χ4v) is 1.01. The number of rotatable bonds is 8. The molecule has 0 saturated carbocycles. The van der Waals surface area contributed by atoms with Gasteiger partial charge in [-0.15, -0.1) is 0 Å². The lowest BCUT2D eigenvalue weighted by Gasteiger charge is -2.08. The van der Waals surface area contributed by atoms with E-state index in [9.17, 15) is 4.39 Å². The Morgan fingerprint density at radius 2 is 1.75 bits per heavy atom. The van der Waals surface area contributed by atoms with Crippen molar-refractivity contribution < 1.29 is 9.13 Å². The fourth-order valence-electron chi connectivity index (χ4n) is 1.01. The Morgan fingerprint density at radius 3 is 2.33 bits per heavy atom. The monoisotopic (exact) mass is 176 g/mol. The smallest absolute Gasteiger partial charge is 0.198 e. The Balaban J connectivity index is 3.02. The predicted molar refractivity (Wildman–Crippen MR) is 49.9 cm³/mol. The summed E-state index contributed by atoms with van der Waals surface area (Å²) in [5.41, 5.74) is 0. The molecule has 0 rings (SSSR count). The van der Waals surface area contributed by atoms with Crippen LogP contribution in [0.3, 0.4) is 0 Å². The van der Waals surface area contributed by atoms with Gasteiger partial charge in [0.2, 0.25) is 0 Å². The summed E-state index contributed by atoms with van der Waals surface area (Å²) in [5.74, 6) is 0. The summed E-state index contributed by atoms with van der Waals surface area (Å²) in [5, 5.41) is 0. The van der Waals surface area contributed by atoms with E-state index in [-0.39, 0.29) is 0 Å². The molecule has 0 spiro atoms. The van der Waals surface area contributed by atoms with Gasteiger partial charge in [0.1, 0.15) is 0 Å². The van der Waals surface area contributed by atoms with E-state index in [0.29, 0.717) is 13.0 Å². The van der Waals surface area contributed by atoms with Crippen LogP contribution >= 0.6 is 0 Å². The third-order valence-electron chi connectivity index (χ3n) is 1.83. The molecule has 0 radical (unpaired) electrons. The molecule has 0 aromatic heterocycles. The predicted octanol–water partition coefficient (Wildman–Crippen LogP) is 3.68. The van der Waals surface area contributed by atoms with Crippen molar-refractivity contribution in [2.75, 3.05) is 6.61 Å². The SMILES string of the molecule is CCCCCOC(F)CCCC. The quantitative estimate of drug-likeness (QED) is 0.513. The first-order valence-electron chi connectivity index (χ1n) is 5.07. The number of hydrogen-bond donors (Lipinski definition) is 0. The Hall–Kier alpha value is -0.110. The molecule has 0 heterocycles. The summed E-state index contributed by atoms with van der Waals surface area (Å²) in [6.07, 6.45) is 4.79. The molecular formula is C10H21FO. The fraction of sp³-hybridized carbons (Fsp3) is 1.00. The van der Waals surface area contributed by atoms with Crippen LogP contribution in [0.15, 0.2) is 0 Å². The summed E-state index contributed by atoms with van der Waals surface area (Å²) in [6.45, 7) is 4.77. The topological polar surface area (TPSA) is 9.23 Å². The molecule has 1 nitrogen and oxygen atoms in total. The van der Waals surface area contributed by atoms with Crippen LogP contribution < -0.4 is 0 Å². The van der Waals surface area contributed by atoms with Gasteiger partial charge in [-0.2, -0.15) is 0 Å². The van der Waals surface area contributed by atoms with Crippen LogP contribution in [-0.2, 0) is 4.74 Å².